The average Bonchev–Trinajstić information content (AvgIpc) is 3.50. The monoisotopic (exact) mass is 502 g/mol. The molecule has 36 heavy (non-hydrogen) atoms. The van der Waals surface area contributed by atoms with Gasteiger partial charge in [0.15, 0.2) is 0 Å². The predicted octanol–water partition coefficient (Wildman–Crippen LogP) is 4.68. The normalized spacial score (nSPS) is 19.7. The first-order valence-electron chi connectivity index (χ1n) is 11.6. The summed E-state index contributed by atoms with van der Waals surface area (Å²) in [4.78, 5) is 18.6. The first-order chi connectivity index (χ1) is 16.9. The molecule has 0 saturated carbocycles. The molecule has 7 nitrogen and oxygen atoms in total. The summed E-state index contributed by atoms with van der Waals surface area (Å²) in [7, 11) is 0. The number of nitrogens with two attached hydrogens (primary N) is 1. The second-order valence-corrected chi connectivity index (χ2v) is 10.1. The largest absolute Gasteiger partial charge is 0.419 e. The van der Waals surface area contributed by atoms with E-state index in [1.807, 2.05) is 18.5 Å². The number of urea groups is 1. The number of nitrogens with one attached hydrogen (secondary N) is 1. The van der Waals surface area contributed by atoms with E-state index in [1.54, 1.807) is 23.1 Å². The Morgan fingerprint density at radius 3 is 2.50 bits per heavy atom. The second kappa shape index (κ2) is 8.21. The van der Waals surface area contributed by atoms with Crippen molar-refractivity contribution in [3.8, 4) is 11.3 Å². The minimum Gasteiger partial charge on any atom is -0.383 e. The summed E-state index contributed by atoms with van der Waals surface area (Å²) >= 11 is 0. The SMILES string of the molecule is CC(C)(NC(=O)N1CCC2(CCn3nc(-c4cnc(N)c(C(F)(F)F)c4)cc32)C1)c1ccc(F)cc1. The Hall–Kier alpha value is -3.63. The number of likely N-dealkylation sites (tertiary alicyclic amines) is 1. The highest BCUT2D eigenvalue weighted by molar-refractivity contribution is 5.76. The smallest absolute Gasteiger partial charge is 0.383 e. The minimum absolute atomic E-state index is 0.225. The molecule has 2 aliphatic rings. The number of rotatable bonds is 3. The van der Waals surface area contributed by atoms with Crippen molar-refractivity contribution in [2.75, 3.05) is 18.8 Å². The number of alkyl halides is 3. The van der Waals surface area contributed by atoms with E-state index in [-0.39, 0.29) is 22.8 Å². The average molecular weight is 503 g/mol. The molecule has 1 unspecified atom stereocenters. The third-order valence-electron chi connectivity index (χ3n) is 7.27. The third kappa shape index (κ3) is 4.16. The van der Waals surface area contributed by atoms with Crippen LogP contribution in [0.2, 0.25) is 0 Å². The van der Waals surface area contributed by atoms with E-state index >= 15 is 0 Å². The highest BCUT2D eigenvalue weighted by Crippen LogP contribution is 2.44. The standard InChI is InChI=1S/C25H26F4N6O/c1-23(2,16-3-5-17(26)6-4-16)32-22(36)34-9-7-24(14-34)8-10-35-20(24)12-19(33-35)15-11-18(25(27,28)29)21(30)31-13-15/h3-6,11-13H,7-10,14H2,1-2H3,(H2,30,31)(H,32,36). The van der Waals surface area contributed by atoms with Gasteiger partial charge in [0.1, 0.15) is 11.6 Å². The molecule has 0 radical (unpaired) electrons. The van der Waals surface area contributed by atoms with Crippen LogP contribution in [-0.2, 0) is 23.7 Å². The van der Waals surface area contributed by atoms with Gasteiger partial charge in [-0.05, 0) is 56.5 Å². The van der Waals surface area contributed by atoms with E-state index in [1.165, 1.54) is 18.3 Å². The molecule has 4 heterocycles. The lowest BCUT2D eigenvalue weighted by Gasteiger charge is -2.30. The quantitative estimate of drug-likeness (QED) is 0.509. The van der Waals surface area contributed by atoms with Crippen LogP contribution in [0.3, 0.4) is 0 Å². The van der Waals surface area contributed by atoms with Gasteiger partial charge in [-0.1, -0.05) is 12.1 Å². The van der Waals surface area contributed by atoms with Gasteiger partial charge in [0, 0.05) is 42.5 Å². The number of nitrogen functional groups attached to an aromatic ring is 1. The van der Waals surface area contributed by atoms with E-state index in [4.69, 9.17) is 5.73 Å². The fourth-order valence-electron chi connectivity index (χ4n) is 5.19. The van der Waals surface area contributed by atoms with E-state index in [2.05, 4.69) is 15.4 Å². The number of carbonyl (C=O) groups excluding carboxylic acids is 1. The first-order valence-corrected chi connectivity index (χ1v) is 11.6. The number of carbonyl (C=O) groups is 1. The van der Waals surface area contributed by atoms with Crippen LogP contribution in [0.5, 0.6) is 0 Å². The lowest BCUT2D eigenvalue weighted by Crippen LogP contribution is -2.48. The number of fused-ring (bicyclic) bond motifs is 2. The molecular formula is C25H26F4N6O. The van der Waals surface area contributed by atoms with Gasteiger partial charge in [0.2, 0.25) is 0 Å². The van der Waals surface area contributed by atoms with Crippen LogP contribution in [-0.4, -0.2) is 38.8 Å². The van der Waals surface area contributed by atoms with Gasteiger partial charge in [-0.25, -0.2) is 14.2 Å². The van der Waals surface area contributed by atoms with E-state index in [0.29, 0.717) is 25.3 Å². The molecule has 2 aliphatic heterocycles. The Labute approximate surface area is 205 Å². The van der Waals surface area contributed by atoms with Crippen LogP contribution < -0.4 is 11.1 Å². The number of nitrogens with zero attached hydrogens (tertiary/aromatic N) is 4. The number of benzene rings is 1. The number of anilines is 1. The molecular weight excluding hydrogens is 476 g/mol. The Kier molecular flexibility index (Phi) is 5.49. The molecule has 1 atom stereocenters. The molecule has 2 amide bonds. The number of hydrogen-bond acceptors (Lipinski definition) is 4. The number of hydrogen-bond donors (Lipinski definition) is 2. The lowest BCUT2D eigenvalue weighted by molar-refractivity contribution is -0.137. The first kappa shape index (κ1) is 24.1. The fraction of sp³-hybridized carbons (Fsp3) is 0.400. The van der Waals surface area contributed by atoms with Gasteiger partial charge >= 0.3 is 12.2 Å². The number of aryl methyl sites for hydroxylation is 1. The number of amides is 2. The highest BCUT2D eigenvalue weighted by atomic mass is 19.4. The van der Waals surface area contributed by atoms with E-state index in [0.717, 1.165) is 30.2 Å². The van der Waals surface area contributed by atoms with Crippen LogP contribution in [0.1, 0.15) is 43.5 Å². The van der Waals surface area contributed by atoms with Gasteiger partial charge in [-0.15, -0.1) is 0 Å². The molecule has 190 valence electrons. The number of aromatic nitrogens is 3. The van der Waals surface area contributed by atoms with Gasteiger partial charge in [-0.2, -0.15) is 18.3 Å². The molecule has 3 N–H and O–H groups in total. The lowest BCUT2D eigenvalue weighted by atomic mass is 9.82. The molecule has 1 spiro atoms. The molecule has 11 heteroatoms. The Morgan fingerprint density at radius 2 is 1.81 bits per heavy atom. The Morgan fingerprint density at radius 1 is 1.11 bits per heavy atom. The van der Waals surface area contributed by atoms with Crippen LogP contribution in [0.25, 0.3) is 11.3 Å². The van der Waals surface area contributed by atoms with Crippen molar-refractivity contribution < 1.29 is 22.4 Å². The van der Waals surface area contributed by atoms with Crippen LogP contribution in [0, 0.1) is 5.82 Å². The van der Waals surface area contributed by atoms with Gasteiger partial charge in [-0.3, -0.25) is 4.68 Å². The Balaban J connectivity index is 1.35. The molecule has 1 fully saturated rings. The van der Waals surface area contributed by atoms with Gasteiger partial charge in [0.25, 0.3) is 0 Å². The van der Waals surface area contributed by atoms with Gasteiger partial charge in [0.05, 0.1) is 16.8 Å². The molecule has 0 aliphatic carbocycles. The van der Waals surface area contributed by atoms with Gasteiger partial charge < -0.3 is 16.0 Å². The highest BCUT2D eigenvalue weighted by Gasteiger charge is 2.47. The summed E-state index contributed by atoms with van der Waals surface area (Å²) in [6.45, 7) is 5.33. The summed E-state index contributed by atoms with van der Waals surface area (Å²) in [6.07, 6.45) is -1.82. The van der Waals surface area contributed by atoms with E-state index < -0.39 is 23.1 Å². The topological polar surface area (TPSA) is 89.1 Å². The van der Waals surface area contributed by atoms with Crippen molar-refractivity contribution in [3.05, 3.63) is 65.2 Å². The zero-order valence-electron chi connectivity index (χ0n) is 19.9. The van der Waals surface area contributed by atoms with Crippen molar-refractivity contribution in [1.82, 2.24) is 25.0 Å². The maximum atomic E-state index is 13.3. The van der Waals surface area contributed by atoms with Crippen molar-refractivity contribution in [1.29, 1.82) is 0 Å². The summed E-state index contributed by atoms with van der Waals surface area (Å²) < 4.78 is 55.0. The van der Waals surface area contributed by atoms with Crippen molar-refractivity contribution in [3.63, 3.8) is 0 Å². The summed E-state index contributed by atoms with van der Waals surface area (Å²) in [5.41, 5.74) is 5.73. The van der Waals surface area contributed by atoms with Crippen molar-refractivity contribution >= 4 is 11.8 Å². The molecule has 0 bridgehead atoms. The summed E-state index contributed by atoms with van der Waals surface area (Å²) in [6, 6.07) is 8.56. The molecule has 5 rings (SSSR count). The minimum atomic E-state index is -4.61. The van der Waals surface area contributed by atoms with E-state index in [9.17, 15) is 22.4 Å². The second-order valence-electron chi connectivity index (χ2n) is 10.1. The maximum absolute atomic E-state index is 13.3. The zero-order valence-corrected chi connectivity index (χ0v) is 19.9. The maximum Gasteiger partial charge on any atom is 0.419 e. The van der Waals surface area contributed by atoms with Crippen LogP contribution in [0.15, 0.2) is 42.6 Å². The third-order valence-corrected chi connectivity index (χ3v) is 7.27. The van der Waals surface area contributed by atoms with Crippen LogP contribution in [0.4, 0.5) is 28.2 Å². The molecule has 1 aromatic carbocycles. The zero-order chi connectivity index (χ0) is 25.9. The van der Waals surface area contributed by atoms with Crippen molar-refractivity contribution in [2.24, 2.45) is 0 Å². The summed E-state index contributed by atoms with van der Waals surface area (Å²) in [5.74, 6) is -0.917. The molecule has 2 aromatic heterocycles. The van der Waals surface area contributed by atoms with Crippen molar-refractivity contribution in [2.45, 2.75) is 50.4 Å². The number of pyridine rings is 1. The Bertz CT molecular complexity index is 1320. The predicted molar refractivity (Wildman–Crippen MR) is 125 cm³/mol. The molecule has 3 aromatic rings. The summed E-state index contributed by atoms with van der Waals surface area (Å²) in [5, 5.41) is 7.56. The number of halogens is 4. The fourth-order valence-corrected chi connectivity index (χ4v) is 5.19. The van der Waals surface area contributed by atoms with Crippen LogP contribution >= 0.6 is 0 Å². The molecule has 1 saturated heterocycles.